The predicted molar refractivity (Wildman–Crippen MR) is 52.4 cm³/mol. The number of alkyl halides is 1. The quantitative estimate of drug-likeness (QED) is 0.576. The first-order valence-electron chi connectivity index (χ1n) is 4.16. The lowest BCUT2D eigenvalue weighted by molar-refractivity contribution is 0.317. The van der Waals surface area contributed by atoms with Crippen molar-refractivity contribution in [3.63, 3.8) is 0 Å². The zero-order chi connectivity index (χ0) is 9.47. The molecule has 0 saturated carbocycles. The number of halogens is 2. The van der Waals surface area contributed by atoms with Gasteiger partial charge in [0.2, 0.25) is 0 Å². The van der Waals surface area contributed by atoms with Gasteiger partial charge in [-0.05, 0) is 24.6 Å². The minimum absolute atomic E-state index is 0.205. The highest BCUT2D eigenvalue weighted by Gasteiger charge is 2.52. The summed E-state index contributed by atoms with van der Waals surface area (Å²) in [7, 11) is 0. The van der Waals surface area contributed by atoms with E-state index in [0.717, 1.165) is 10.9 Å². The fourth-order valence-electron chi connectivity index (χ4n) is 1.47. The van der Waals surface area contributed by atoms with Crippen LogP contribution in [0.25, 0.3) is 0 Å². The van der Waals surface area contributed by atoms with Crippen molar-refractivity contribution in [1.29, 1.82) is 0 Å². The van der Waals surface area contributed by atoms with Gasteiger partial charge in [0.15, 0.2) is 0 Å². The molecule has 2 atom stereocenters. The second-order valence-corrected chi connectivity index (χ2v) is 4.02. The fraction of sp³-hybridized carbons (Fsp3) is 0.400. The van der Waals surface area contributed by atoms with Crippen LogP contribution < -0.4 is 0 Å². The first-order chi connectivity index (χ1) is 6.16. The molecule has 0 amide bonds. The molecule has 0 unspecified atom stereocenters. The maximum absolute atomic E-state index is 12.6. The molecular formula is C10H10BrFO. The van der Waals surface area contributed by atoms with E-state index in [4.69, 9.17) is 4.74 Å². The molecule has 0 aromatic heterocycles. The summed E-state index contributed by atoms with van der Waals surface area (Å²) in [6, 6.07) is 6.48. The topological polar surface area (TPSA) is 12.5 Å². The van der Waals surface area contributed by atoms with Crippen molar-refractivity contribution < 1.29 is 9.13 Å². The van der Waals surface area contributed by atoms with Crippen LogP contribution in [0.1, 0.15) is 12.5 Å². The maximum atomic E-state index is 12.6. The highest BCUT2D eigenvalue weighted by molar-refractivity contribution is 9.09. The van der Waals surface area contributed by atoms with E-state index >= 15 is 0 Å². The summed E-state index contributed by atoms with van der Waals surface area (Å²) in [6.45, 7) is 2.02. The van der Waals surface area contributed by atoms with Crippen molar-refractivity contribution in [2.24, 2.45) is 0 Å². The second-order valence-electron chi connectivity index (χ2n) is 3.37. The summed E-state index contributed by atoms with van der Waals surface area (Å²) < 4.78 is 18.1. The third-order valence-electron chi connectivity index (χ3n) is 2.50. The van der Waals surface area contributed by atoms with Crippen molar-refractivity contribution in [2.45, 2.75) is 18.6 Å². The minimum atomic E-state index is -0.211. The molecule has 1 aliphatic rings. The average Bonchev–Trinajstić information content (AvgIpc) is 2.80. The Bertz CT molecular complexity index is 311. The van der Waals surface area contributed by atoms with Gasteiger partial charge < -0.3 is 4.74 Å². The molecule has 1 saturated heterocycles. The molecule has 13 heavy (non-hydrogen) atoms. The van der Waals surface area contributed by atoms with E-state index in [2.05, 4.69) is 15.9 Å². The molecule has 0 bridgehead atoms. The maximum Gasteiger partial charge on any atom is 0.123 e. The van der Waals surface area contributed by atoms with E-state index < -0.39 is 0 Å². The highest BCUT2D eigenvalue weighted by Crippen LogP contribution is 2.46. The van der Waals surface area contributed by atoms with Crippen molar-refractivity contribution in [3.05, 3.63) is 35.6 Å². The van der Waals surface area contributed by atoms with Gasteiger partial charge in [-0.15, -0.1) is 0 Å². The molecule has 0 radical (unpaired) electrons. The molecule has 1 fully saturated rings. The predicted octanol–water partition coefficient (Wildman–Crippen LogP) is 2.83. The van der Waals surface area contributed by atoms with Gasteiger partial charge in [-0.1, -0.05) is 28.1 Å². The lowest BCUT2D eigenvalue weighted by Crippen LogP contribution is -2.08. The third-order valence-corrected chi connectivity index (χ3v) is 3.09. The van der Waals surface area contributed by atoms with E-state index in [-0.39, 0.29) is 17.5 Å². The standard InChI is InChI=1S/C10H10BrFO/c1-10(9(6-11)13-10)7-2-4-8(12)5-3-7/h2-5,9H,6H2,1H3/t9-,10-/m1/s1. The van der Waals surface area contributed by atoms with Gasteiger partial charge in [0.25, 0.3) is 0 Å². The molecule has 0 spiro atoms. The van der Waals surface area contributed by atoms with E-state index in [0.29, 0.717) is 0 Å². The summed E-state index contributed by atoms with van der Waals surface area (Å²) >= 11 is 3.36. The Hall–Kier alpha value is -0.410. The number of epoxide rings is 1. The smallest absolute Gasteiger partial charge is 0.123 e. The normalized spacial score (nSPS) is 31.8. The largest absolute Gasteiger partial charge is 0.360 e. The van der Waals surface area contributed by atoms with Crippen LogP contribution in [0.5, 0.6) is 0 Å². The Morgan fingerprint density at radius 3 is 2.54 bits per heavy atom. The van der Waals surface area contributed by atoms with Crippen LogP contribution in [0, 0.1) is 5.82 Å². The Kier molecular flexibility index (Phi) is 2.16. The van der Waals surface area contributed by atoms with Crippen LogP contribution in [0.2, 0.25) is 0 Å². The molecular weight excluding hydrogens is 235 g/mol. The van der Waals surface area contributed by atoms with Gasteiger partial charge in [-0.2, -0.15) is 0 Å². The highest BCUT2D eigenvalue weighted by atomic mass is 79.9. The average molecular weight is 245 g/mol. The zero-order valence-electron chi connectivity index (χ0n) is 7.26. The van der Waals surface area contributed by atoms with E-state index in [9.17, 15) is 4.39 Å². The monoisotopic (exact) mass is 244 g/mol. The molecule has 0 N–H and O–H groups in total. The van der Waals surface area contributed by atoms with Crippen LogP contribution in [-0.2, 0) is 10.3 Å². The van der Waals surface area contributed by atoms with E-state index in [1.807, 2.05) is 6.92 Å². The molecule has 1 aliphatic heterocycles. The van der Waals surface area contributed by atoms with Crippen LogP contribution in [0.4, 0.5) is 4.39 Å². The van der Waals surface area contributed by atoms with Gasteiger partial charge in [0.1, 0.15) is 17.5 Å². The molecule has 70 valence electrons. The minimum Gasteiger partial charge on any atom is -0.360 e. The summed E-state index contributed by atoms with van der Waals surface area (Å²) in [5, 5.41) is 0.820. The summed E-state index contributed by atoms with van der Waals surface area (Å²) in [6.07, 6.45) is 0.220. The molecule has 1 heterocycles. The Labute approximate surface area is 85.0 Å². The van der Waals surface area contributed by atoms with Gasteiger partial charge in [-0.25, -0.2) is 4.39 Å². The van der Waals surface area contributed by atoms with Crippen molar-refractivity contribution in [2.75, 3.05) is 5.33 Å². The van der Waals surface area contributed by atoms with Crippen LogP contribution in [0.3, 0.4) is 0 Å². The number of benzene rings is 1. The molecule has 1 aromatic carbocycles. The van der Waals surface area contributed by atoms with E-state index in [1.54, 1.807) is 12.1 Å². The Morgan fingerprint density at radius 1 is 1.46 bits per heavy atom. The first kappa shape index (κ1) is 9.16. The number of hydrogen-bond donors (Lipinski definition) is 0. The van der Waals surface area contributed by atoms with Gasteiger partial charge in [0, 0.05) is 5.33 Å². The van der Waals surface area contributed by atoms with Crippen LogP contribution >= 0.6 is 15.9 Å². The van der Waals surface area contributed by atoms with Crippen LogP contribution in [0.15, 0.2) is 24.3 Å². The number of rotatable bonds is 2. The van der Waals surface area contributed by atoms with Gasteiger partial charge in [-0.3, -0.25) is 0 Å². The lowest BCUT2D eigenvalue weighted by atomic mass is 9.98. The SMILES string of the molecule is C[C@]1(c2ccc(F)cc2)O[C@@H]1CBr. The molecule has 2 rings (SSSR count). The fourth-order valence-corrected chi connectivity index (χ4v) is 2.22. The van der Waals surface area contributed by atoms with E-state index in [1.165, 1.54) is 12.1 Å². The van der Waals surface area contributed by atoms with Gasteiger partial charge in [0.05, 0.1) is 0 Å². The Balaban J connectivity index is 2.23. The molecule has 1 nitrogen and oxygen atoms in total. The molecule has 0 aliphatic carbocycles. The third kappa shape index (κ3) is 1.51. The molecule has 3 heteroatoms. The zero-order valence-corrected chi connectivity index (χ0v) is 8.84. The summed E-state index contributed by atoms with van der Waals surface area (Å²) in [5.74, 6) is -0.205. The van der Waals surface area contributed by atoms with Crippen LogP contribution in [-0.4, -0.2) is 11.4 Å². The van der Waals surface area contributed by atoms with Crippen molar-refractivity contribution in [1.82, 2.24) is 0 Å². The lowest BCUT2D eigenvalue weighted by Gasteiger charge is -2.05. The van der Waals surface area contributed by atoms with Gasteiger partial charge >= 0.3 is 0 Å². The number of ether oxygens (including phenoxy) is 1. The first-order valence-corrected chi connectivity index (χ1v) is 5.29. The molecule has 1 aromatic rings. The number of hydrogen-bond acceptors (Lipinski definition) is 1. The van der Waals surface area contributed by atoms with Crippen molar-refractivity contribution >= 4 is 15.9 Å². The second kappa shape index (κ2) is 3.07. The Morgan fingerprint density at radius 2 is 2.08 bits per heavy atom. The summed E-state index contributed by atoms with van der Waals surface area (Å²) in [5.41, 5.74) is 0.829. The van der Waals surface area contributed by atoms with Crippen molar-refractivity contribution in [3.8, 4) is 0 Å². The summed E-state index contributed by atoms with van der Waals surface area (Å²) in [4.78, 5) is 0.